The summed E-state index contributed by atoms with van der Waals surface area (Å²) in [6.07, 6.45) is 3.70. The molecule has 0 saturated heterocycles. The first-order valence-electron chi connectivity index (χ1n) is 6.47. The summed E-state index contributed by atoms with van der Waals surface area (Å²) in [7, 11) is 0. The number of hydrogen-bond acceptors (Lipinski definition) is 1. The molecule has 1 nitrogen and oxygen atoms in total. The highest BCUT2D eigenvalue weighted by atomic mass is 16.1. The molecule has 0 fully saturated rings. The van der Waals surface area contributed by atoms with Crippen LogP contribution in [0.5, 0.6) is 0 Å². The number of allylic oxidation sites excluding steroid dienone is 2. The van der Waals surface area contributed by atoms with Gasteiger partial charge in [0.05, 0.1) is 0 Å². The van der Waals surface area contributed by atoms with E-state index in [1.807, 2.05) is 37.3 Å². The Hall–Kier alpha value is -2.15. The molecule has 2 aromatic carbocycles. The summed E-state index contributed by atoms with van der Waals surface area (Å²) < 4.78 is 0. The fraction of sp³-hybridized carbons (Fsp3) is 0.167. The van der Waals surface area contributed by atoms with Crippen LogP contribution in [0, 0.1) is 13.8 Å². The van der Waals surface area contributed by atoms with Crippen LogP contribution < -0.4 is 0 Å². The van der Waals surface area contributed by atoms with Crippen molar-refractivity contribution in [2.24, 2.45) is 0 Å². The Morgan fingerprint density at radius 3 is 1.95 bits per heavy atom. The van der Waals surface area contributed by atoms with Crippen molar-refractivity contribution in [3.05, 3.63) is 76.9 Å². The molecule has 96 valence electrons. The van der Waals surface area contributed by atoms with Crippen molar-refractivity contribution >= 4 is 11.9 Å². The molecular weight excluding hydrogens is 232 g/mol. The lowest BCUT2D eigenvalue weighted by atomic mass is 10.0. The Labute approximate surface area is 114 Å². The van der Waals surface area contributed by atoms with Gasteiger partial charge in [0.15, 0.2) is 0 Å². The molecule has 0 aromatic heterocycles. The van der Waals surface area contributed by atoms with Crippen molar-refractivity contribution in [1.29, 1.82) is 0 Å². The van der Waals surface area contributed by atoms with Crippen molar-refractivity contribution in [3.63, 3.8) is 0 Å². The third kappa shape index (κ3) is 3.65. The van der Waals surface area contributed by atoms with Gasteiger partial charge in [0.2, 0.25) is 0 Å². The standard InChI is InChI=1S/C18H18O/c1-14-3-7-16(8-4-14)9-12-18(13-19)17-10-5-15(2)6-11-17/h3-8,10-13H,9H2,1-2H3/b18-12-. The molecule has 0 bridgehead atoms. The van der Waals surface area contributed by atoms with Crippen molar-refractivity contribution in [2.75, 3.05) is 0 Å². The van der Waals surface area contributed by atoms with E-state index in [9.17, 15) is 4.79 Å². The van der Waals surface area contributed by atoms with Crippen molar-refractivity contribution in [3.8, 4) is 0 Å². The van der Waals surface area contributed by atoms with E-state index in [2.05, 4.69) is 31.2 Å². The van der Waals surface area contributed by atoms with E-state index in [0.29, 0.717) is 0 Å². The van der Waals surface area contributed by atoms with Crippen LogP contribution in [0.3, 0.4) is 0 Å². The number of carbonyl (C=O) groups excluding carboxylic acids is 1. The summed E-state index contributed by atoms with van der Waals surface area (Å²) in [6, 6.07) is 16.4. The fourth-order valence-corrected chi connectivity index (χ4v) is 1.93. The second-order valence-corrected chi connectivity index (χ2v) is 4.83. The van der Waals surface area contributed by atoms with Gasteiger partial charge in [0.1, 0.15) is 6.29 Å². The monoisotopic (exact) mass is 250 g/mol. The molecule has 0 aliphatic heterocycles. The van der Waals surface area contributed by atoms with Gasteiger partial charge in [-0.3, -0.25) is 4.79 Å². The molecule has 0 aliphatic rings. The molecule has 0 heterocycles. The van der Waals surface area contributed by atoms with Gasteiger partial charge >= 0.3 is 0 Å². The lowest BCUT2D eigenvalue weighted by Gasteiger charge is -2.02. The Morgan fingerprint density at radius 2 is 1.42 bits per heavy atom. The van der Waals surface area contributed by atoms with E-state index >= 15 is 0 Å². The third-order valence-corrected chi connectivity index (χ3v) is 3.19. The van der Waals surface area contributed by atoms with E-state index in [4.69, 9.17) is 0 Å². The van der Waals surface area contributed by atoms with Crippen molar-refractivity contribution in [2.45, 2.75) is 20.3 Å². The highest BCUT2D eigenvalue weighted by molar-refractivity contribution is 6.06. The second-order valence-electron chi connectivity index (χ2n) is 4.83. The quantitative estimate of drug-likeness (QED) is 0.589. The van der Waals surface area contributed by atoms with Crippen molar-refractivity contribution in [1.82, 2.24) is 0 Å². The summed E-state index contributed by atoms with van der Waals surface area (Å²) >= 11 is 0. The Bertz CT molecular complexity index is 574. The van der Waals surface area contributed by atoms with E-state index in [0.717, 1.165) is 23.8 Å². The number of hydrogen-bond donors (Lipinski definition) is 0. The number of aryl methyl sites for hydroxylation is 2. The summed E-state index contributed by atoms with van der Waals surface area (Å²) in [5, 5.41) is 0. The maximum Gasteiger partial charge on any atom is 0.150 e. The molecular formula is C18H18O. The highest BCUT2D eigenvalue weighted by Gasteiger charge is 2.00. The summed E-state index contributed by atoms with van der Waals surface area (Å²) in [5.41, 5.74) is 5.40. The average molecular weight is 250 g/mol. The first kappa shape index (κ1) is 13.3. The van der Waals surface area contributed by atoms with Gasteiger partial charge in [-0.05, 0) is 31.4 Å². The van der Waals surface area contributed by atoms with Gasteiger partial charge in [-0.2, -0.15) is 0 Å². The van der Waals surface area contributed by atoms with Crippen molar-refractivity contribution < 1.29 is 4.79 Å². The van der Waals surface area contributed by atoms with Gasteiger partial charge < -0.3 is 0 Å². The Balaban J connectivity index is 2.17. The SMILES string of the molecule is Cc1ccc(C/C=C(/C=O)c2ccc(C)cc2)cc1. The van der Waals surface area contributed by atoms with Crippen LogP contribution in [0.1, 0.15) is 22.3 Å². The smallest absolute Gasteiger partial charge is 0.150 e. The van der Waals surface area contributed by atoms with Gasteiger partial charge in [-0.25, -0.2) is 0 Å². The van der Waals surface area contributed by atoms with E-state index in [1.165, 1.54) is 16.7 Å². The molecule has 0 spiro atoms. The Kier molecular flexibility index (Phi) is 4.30. The first-order valence-corrected chi connectivity index (χ1v) is 6.47. The average Bonchev–Trinajstić information content (AvgIpc) is 2.43. The van der Waals surface area contributed by atoms with Crippen LogP contribution in [-0.4, -0.2) is 6.29 Å². The molecule has 0 radical (unpaired) electrons. The number of benzene rings is 2. The molecule has 0 aliphatic carbocycles. The predicted octanol–water partition coefficient (Wildman–Crippen LogP) is 4.13. The molecule has 1 heteroatoms. The molecule has 0 amide bonds. The van der Waals surface area contributed by atoms with Crippen LogP contribution in [0.15, 0.2) is 54.6 Å². The molecule has 0 atom stereocenters. The molecule has 2 rings (SSSR count). The summed E-state index contributed by atoms with van der Waals surface area (Å²) in [6.45, 7) is 4.11. The molecule has 2 aromatic rings. The summed E-state index contributed by atoms with van der Waals surface area (Å²) in [4.78, 5) is 11.2. The van der Waals surface area contributed by atoms with Crippen LogP contribution >= 0.6 is 0 Å². The van der Waals surface area contributed by atoms with E-state index in [1.54, 1.807) is 0 Å². The highest BCUT2D eigenvalue weighted by Crippen LogP contribution is 2.15. The van der Waals surface area contributed by atoms with Crippen LogP contribution in [-0.2, 0) is 11.2 Å². The Morgan fingerprint density at radius 1 is 0.895 bits per heavy atom. The molecule has 19 heavy (non-hydrogen) atoms. The van der Waals surface area contributed by atoms with Gasteiger partial charge in [0.25, 0.3) is 0 Å². The largest absolute Gasteiger partial charge is 0.298 e. The zero-order valence-electron chi connectivity index (χ0n) is 11.4. The van der Waals surface area contributed by atoms with Gasteiger partial charge in [-0.1, -0.05) is 65.7 Å². The maximum absolute atomic E-state index is 11.2. The molecule has 0 unspecified atom stereocenters. The summed E-state index contributed by atoms with van der Waals surface area (Å²) in [5.74, 6) is 0. The predicted molar refractivity (Wildman–Crippen MR) is 80.1 cm³/mol. The van der Waals surface area contributed by atoms with E-state index in [-0.39, 0.29) is 0 Å². The zero-order valence-corrected chi connectivity index (χ0v) is 11.4. The molecule has 0 saturated carbocycles. The topological polar surface area (TPSA) is 17.1 Å². The lowest BCUT2D eigenvalue weighted by molar-refractivity contribution is -0.103. The number of carbonyl (C=O) groups is 1. The van der Waals surface area contributed by atoms with E-state index < -0.39 is 0 Å². The normalized spacial score (nSPS) is 11.4. The minimum atomic E-state index is 0.751. The maximum atomic E-state index is 11.2. The van der Waals surface area contributed by atoms with Gasteiger partial charge in [-0.15, -0.1) is 0 Å². The fourth-order valence-electron chi connectivity index (χ4n) is 1.93. The lowest BCUT2D eigenvalue weighted by Crippen LogP contribution is -1.89. The van der Waals surface area contributed by atoms with Crippen LogP contribution in [0.25, 0.3) is 5.57 Å². The second kappa shape index (κ2) is 6.14. The van der Waals surface area contributed by atoms with Crippen LogP contribution in [0.2, 0.25) is 0 Å². The minimum Gasteiger partial charge on any atom is -0.298 e. The first-order chi connectivity index (χ1) is 9.19. The minimum absolute atomic E-state index is 0.751. The molecule has 0 N–H and O–H groups in total. The van der Waals surface area contributed by atoms with Gasteiger partial charge in [0, 0.05) is 5.57 Å². The zero-order chi connectivity index (χ0) is 13.7. The number of rotatable bonds is 4. The number of aldehydes is 1. The van der Waals surface area contributed by atoms with Crippen LogP contribution in [0.4, 0.5) is 0 Å². The third-order valence-electron chi connectivity index (χ3n) is 3.19.